The second-order valence-corrected chi connectivity index (χ2v) is 4.72. The van der Waals surface area contributed by atoms with E-state index >= 15 is 0 Å². The van der Waals surface area contributed by atoms with Gasteiger partial charge in [0.25, 0.3) is 0 Å². The molecular formula is C9H12OS. The second-order valence-electron chi connectivity index (χ2n) is 3.33. The number of fused-ring (bicyclic) bond motifs is 2. The molecule has 3 atom stereocenters. The van der Waals surface area contributed by atoms with E-state index in [9.17, 15) is 4.79 Å². The Morgan fingerprint density at radius 1 is 1.45 bits per heavy atom. The van der Waals surface area contributed by atoms with Gasteiger partial charge in [-0.25, -0.2) is 0 Å². The van der Waals surface area contributed by atoms with Crippen LogP contribution in [0.1, 0.15) is 19.8 Å². The summed E-state index contributed by atoms with van der Waals surface area (Å²) in [5.74, 6) is 0.900. The highest BCUT2D eigenvalue weighted by molar-refractivity contribution is 8.01. The third-order valence-electron chi connectivity index (χ3n) is 2.47. The van der Waals surface area contributed by atoms with E-state index in [1.807, 2.05) is 11.8 Å². The standard InChI is InChI=1S/C9H12OS/c1-6(10)9-7-2-4-8(11-9)5-3-7/h2,4,7-9H,3,5H2,1H3/t7-,8+,9-/m0/s1. The molecule has 2 heterocycles. The first-order valence-electron chi connectivity index (χ1n) is 4.11. The van der Waals surface area contributed by atoms with Crippen LogP contribution in [-0.2, 0) is 4.79 Å². The number of Topliss-reactive ketones (excluding diaryl/α,β-unsaturated/α-hetero) is 1. The maximum Gasteiger partial charge on any atom is 0.143 e. The van der Waals surface area contributed by atoms with Gasteiger partial charge in [0.2, 0.25) is 0 Å². The van der Waals surface area contributed by atoms with Crippen LogP contribution in [0.25, 0.3) is 0 Å². The van der Waals surface area contributed by atoms with Crippen molar-refractivity contribution in [3.63, 3.8) is 0 Å². The van der Waals surface area contributed by atoms with Crippen LogP contribution in [0, 0.1) is 5.92 Å². The van der Waals surface area contributed by atoms with Gasteiger partial charge in [0, 0.05) is 5.25 Å². The zero-order valence-corrected chi connectivity index (χ0v) is 7.43. The summed E-state index contributed by atoms with van der Waals surface area (Å²) in [7, 11) is 0. The van der Waals surface area contributed by atoms with Gasteiger partial charge in [0.1, 0.15) is 5.78 Å². The molecule has 2 heteroatoms. The molecule has 2 aliphatic heterocycles. The molecule has 1 saturated heterocycles. The Labute approximate surface area is 71.2 Å². The lowest BCUT2D eigenvalue weighted by molar-refractivity contribution is -0.117. The molecule has 0 amide bonds. The maximum absolute atomic E-state index is 11.1. The molecule has 0 aromatic rings. The minimum atomic E-state index is 0.277. The number of ketones is 1. The highest BCUT2D eigenvalue weighted by Gasteiger charge is 2.34. The van der Waals surface area contributed by atoms with Gasteiger partial charge in [0.05, 0.1) is 5.25 Å². The summed E-state index contributed by atoms with van der Waals surface area (Å²) in [4.78, 5) is 11.1. The second kappa shape index (κ2) is 2.67. The molecule has 0 radical (unpaired) electrons. The van der Waals surface area contributed by atoms with Crippen molar-refractivity contribution in [2.75, 3.05) is 0 Å². The number of thioether (sulfide) groups is 1. The monoisotopic (exact) mass is 168 g/mol. The lowest BCUT2D eigenvalue weighted by Gasteiger charge is -2.35. The Morgan fingerprint density at radius 3 is 2.55 bits per heavy atom. The van der Waals surface area contributed by atoms with Crippen LogP contribution in [0.5, 0.6) is 0 Å². The number of carbonyl (C=O) groups excluding carboxylic acids is 1. The van der Waals surface area contributed by atoms with Crippen LogP contribution >= 0.6 is 11.8 Å². The Balaban J connectivity index is 2.17. The van der Waals surface area contributed by atoms with Gasteiger partial charge in [-0.3, -0.25) is 4.79 Å². The molecule has 60 valence electrons. The van der Waals surface area contributed by atoms with Gasteiger partial charge in [-0.2, -0.15) is 0 Å². The van der Waals surface area contributed by atoms with Crippen molar-refractivity contribution in [1.29, 1.82) is 0 Å². The molecule has 1 fully saturated rings. The first-order chi connectivity index (χ1) is 5.27. The van der Waals surface area contributed by atoms with Gasteiger partial charge in [-0.05, 0) is 25.7 Å². The van der Waals surface area contributed by atoms with Crippen molar-refractivity contribution >= 4 is 17.5 Å². The molecule has 3 aliphatic rings. The molecule has 0 N–H and O–H groups in total. The minimum absolute atomic E-state index is 0.277. The fourth-order valence-corrected chi connectivity index (χ4v) is 3.32. The van der Waals surface area contributed by atoms with E-state index < -0.39 is 0 Å². The smallest absolute Gasteiger partial charge is 0.143 e. The first-order valence-corrected chi connectivity index (χ1v) is 5.06. The molecule has 0 spiro atoms. The van der Waals surface area contributed by atoms with E-state index in [4.69, 9.17) is 0 Å². The summed E-state index contributed by atoms with van der Waals surface area (Å²) in [5.41, 5.74) is 0. The average molecular weight is 168 g/mol. The Morgan fingerprint density at radius 2 is 2.27 bits per heavy atom. The highest BCUT2D eigenvalue weighted by Crippen LogP contribution is 2.41. The summed E-state index contributed by atoms with van der Waals surface area (Å²) < 4.78 is 0. The SMILES string of the molecule is CC(=O)[C@@H]1S[C@@H]2C=C[C@H]1CC2. The van der Waals surface area contributed by atoms with Gasteiger partial charge in [-0.15, -0.1) is 11.8 Å². The fraction of sp³-hybridized carbons (Fsp3) is 0.667. The van der Waals surface area contributed by atoms with Crippen LogP contribution in [-0.4, -0.2) is 16.3 Å². The van der Waals surface area contributed by atoms with Gasteiger partial charge in [0.15, 0.2) is 0 Å². The van der Waals surface area contributed by atoms with E-state index in [0.717, 1.165) is 0 Å². The lowest BCUT2D eigenvalue weighted by atomic mass is 9.90. The summed E-state index contributed by atoms with van der Waals surface area (Å²) >= 11 is 1.85. The van der Waals surface area contributed by atoms with Crippen molar-refractivity contribution < 1.29 is 4.79 Å². The number of hydrogen-bond donors (Lipinski definition) is 0. The molecule has 1 aliphatic carbocycles. The molecular weight excluding hydrogens is 156 g/mol. The van der Waals surface area contributed by atoms with Crippen LogP contribution in [0.4, 0.5) is 0 Å². The predicted octanol–water partition coefficient (Wildman–Crippen LogP) is 2.03. The molecule has 3 rings (SSSR count). The van der Waals surface area contributed by atoms with E-state index in [0.29, 0.717) is 17.0 Å². The summed E-state index contributed by atoms with van der Waals surface area (Å²) in [6.07, 6.45) is 6.99. The average Bonchev–Trinajstić information content (AvgIpc) is 2.06. The molecule has 0 saturated carbocycles. The number of carbonyl (C=O) groups is 1. The summed E-state index contributed by atoms with van der Waals surface area (Å²) in [6.45, 7) is 1.71. The molecule has 0 aromatic carbocycles. The molecule has 2 bridgehead atoms. The van der Waals surface area contributed by atoms with E-state index in [1.54, 1.807) is 6.92 Å². The third kappa shape index (κ3) is 1.24. The summed E-state index contributed by atoms with van der Waals surface area (Å²) in [5, 5.41) is 0.910. The van der Waals surface area contributed by atoms with Gasteiger partial charge >= 0.3 is 0 Å². The topological polar surface area (TPSA) is 17.1 Å². The molecule has 11 heavy (non-hydrogen) atoms. The maximum atomic E-state index is 11.1. The van der Waals surface area contributed by atoms with E-state index in [-0.39, 0.29) is 5.25 Å². The largest absolute Gasteiger partial charge is 0.299 e. The van der Waals surface area contributed by atoms with Gasteiger partial charge < -0.3 is 0 Å². The normalized spacial score (nSPS) is 41.0. The minimum Gasteiger partial charge on any atom is -0.299 e. The van der Waals surface area contributed by atoms with Crippen molar-refractivity contribution in [3.8, 4) is 0 Å². The zero-order valence-electron chi connectivity index (χ0n) is 6.62. The number of hydrogen-bond acceptors (Lipinski definition) is 2. The van der Waals surface area contributed by atoms with Crippen LogP contribution in [0.3, 0.4) is 0 Å². The zero-order chi connectivity index (χ0) is 7.84. The van der Waals surface area contributed by atoms with Crippen molar-refractivity contribution in [2.45, 2.75) is 30.3 Å². The lowest BCUT2D eigenvalue weighted by Crippen LogP contribution is -2.33. The predicted molar refractivity (Wildman–Crippen MR) is 47.7 cm³/mol. The first kappa shape index (κ1) is 7.41. The highest BCUT2D eigenvalue weighted by atomic mass is 32.2. The third-order valence-corrected chi connectivity index (χ3v) is 4.19. The molecule has 0 aromatic heterocycles. The number of rotatable bonds is 1. The number of allylic oxidation sites excluding steroid dienone is 1. The summed E-state index contributed by atoms with van der Waals surface area (Å²) in [6, 6.07) is 0. The van der Waals surface area contributed by atoms with Crippen molar-refractivity contribution in [1.82, 2.24) is 0 Å². The van der Waals surface area contributed by atoms with Crippen LogP contribution in [0.15, 0.2) is 12.2 Å². The molecule has 0 unspecified atom stereocenters. The Hall–Kier alpha value is -0.240. The molecule has 1 nitrogen and oxygen atoms in total. The van der Waals surface area contributed by atoms with Crippen LogP contribution in [0.2, 0.25) is 0 Å². The Kier molecular flexibility index (Phi) is 1.80. The van der Waals surface area contributed by atoms with E-state index in [2.05, 4.69) is 12.2 Å². The van der Waals surface area contributed by atoms with Crippen LogP contribution < -0.4 is 0 Å². The van der Waals surface area contributed by atoms with Crippen molar-refractivity contribution in [3.05, 3.63) is 12.2 Å². The quantitative estimate of drug-likeness (QED) is 0.557. The Bertz CT molecular complexity index is 210. The van der Waals surface area contributed by atoms with Gasteiger partial charge in [-0.1, -0.05) is 12.2 Å². The fourth-order valence-electron chi connectivity index (χ4n) is 1.87. The van der Waals surface area contributed by atoms with E-state index in [1.165, 1.54) is 12.8 Å². The van der Waals surface area contributed by atoms with Crippen molar-refractivity contribution in [2.24, 2.45) is 5.92 Å².